The zero-order valence-corrected chi connectivity index (χ0v) is 19.7. The van der Waals surface area contributed by atoms with Crippen molar-refractivity contribution in [2.75, 3.05) is 13.1 Å². The molecule has 6 heteroatoms. The summed E-state index contributed by atoms with van der Waals surface area (Å²) >= 11 is 0. The van der Waals surface area contributed by atoms with Crippen LogP contribution in [0.25, 0.3) is 0 Å². The molecule has 1 unspecified atom stereocenters. The van der Waals surface area contributed by atoms with Gasteiger partial charge in [0.25, 0.3) is 5.91 Å². The van der Waals surface area contributed by atoms with Crippen molar-refractivity contribution in [3.63, 3.8) is 0 Å². The van der Waals surface area contributed by atoms with Gasteiger partial charge in [0.05, 0.1) is 6.10 Å². The Balaban J connectivity index is 1.75. The topological polar surface area (TPSA) is 82.5 Å². The van der Waals surface area contributed by atoms with Crippen molar-refractivity contribution in [3.8, 4) is 0 Å². The van der Waals surface area contributed by atoms with Crippen molar-refractivity contribution < 1.29 is 14.7 Å². The molecular weight excluding hydrogens is 390 g/mol. The first-order valence-electron chi connectivity index (χ1n) is 11.9. The van der Waals surface area contributed by atoms with Crippen LogP contribution in [0.1, 0.15) is 70.7 Å². The number of pyridine rings is 1. The standard InChI is InChI=1S/C25H39N3O3/c1-6-28(7-2)24(31)16(3)19-8-12-25(5)13-9-20(17(4)21(25)22(19)29)27-23(30)18-10-14-26-15-11-18/h10-11,14-17,19-22,29H,6-9,12-13H2,1-5H3,(H,27,30)/t16-,17+,19?,20-,21+,22-,25-/m0/s1. The normalized spacial score (nSPS) is 33.8. The highest BCUT2D eigenvalue weighted by Gasteiger charge is 2.54. The van der Waals surface area contributed by atoms with E-state index in [1.165, 1.54) is 0 Å². The first-order chi connectivity index (χ1) is 14.7. The molecule has 0 aromatic carbocycles. The Morgan fingerprint density at radius 2 is 1.84 bits per heavy atom. The lowest BCUT2D eigenvalue weighted by atomic mass is 9.51. The summed E-state index contributed by atoms with van der Waals surface area (Å²) in [6.45, 7) is 11.8. The molecule has 1 aromatic rings. The molecule has 172 valence electrons. The van der Waals surface area contributed by atoms with Gasteiger partial charge in [0.15, 0.2) is 0 Å². The number of amides is 2. The van der Waals surface area contributed by atoms with Crippen molar-refractivity contribution in [1.82, 2.24) is 15.2 Å². The van der Waals surface area contributed by atoms with E-state index in [1.807, 2.05) is 25.7 Å². The van der Waals surface area contributed by atoms with E-state index in [2.05, 4.69) is 24.1 Å². The molecule has 1 aromatic heterocycles. The summed E-state index contributed by atoms with van der Waals surface area (Å²) in [5.41, 5.74) is 0.654. The minimum atomic E-state index is -0.538. The molecule has 7 atom stereocenters. The van der Waals surface area contributed by atoms with Gasteiger partial charge in [-0.1, -0.05) is 20.8 Å². The van der Waals surface area contributed by atoms with Gasteiger partial charge in [-0.25, -0.2) is 0 Å². The highest BCUT2D eigenvalue weighted by atomic mass is 16.3. The average molecular weight is 430 g/mol. The number of nitrogens with zero attached hydrogens (tertiary/aromatic N) is 2. The van der Waals surface area contributed by atoms with Gasteiger partial charge >= 0.3 is 0 Å². The number of carbonyl (C=O) groups excluding carboxylic acids is 2. The predicted molar refractivity (Wildman–Crippen MR) is 121 cm³/mol. The molecule has 2 amide bonds. The van der Waals surface area contributed by atoms with Crippen LogP contribution in [-0.4, -0.2) is 52.0 Å². The van der Waals surface area contributed by atoms with E-state index in [1.54, 1.807) is 24.5 Å². The molecular formula is C25H39N3O3. The SMILES string of the molecule is CCN(CC)C(=O)[C@@H](C)C1CC[C@@]2(C)CC[C@H](NC(=O)c3ccncc3)[C@@H](C)[C@@H]2[C@H]1O. The maximum absolute atomic E-state index is 13.0. The van der Waals surface area contributed by atoms with Gasteiger partial charge < -0.3 is 15.3 Å². The second kappa shape index (κ2) is 9.68. The van der Waals surface area contributed by atoms with Crippen molar-refractivity contribution in [1.29, 1.82) is 0 Å². The van der Waals surface area contributed by atoms with Gasteiger partial charge in [-0.3, -0.25) is 14.6 Å². The van der Waals surface area contributed by atoms with E-state index < -0.39 is 6.10 Å². The summed E-state index contributed by atoms with van der Waals surface area (Å²) in [7, 11) is 0. The molecule has 2 N–H and O–H groups in total. The van der Waals surface area contributed by atoms with Crippen LogP contribution in [0.5, 0.6) is 0 Å². The zero-order chi connectivity index (χ0) is 22.8. The lowest BCUT2D eigenvalue weighted by Gasteiger charge is -2.56. The maximum atomic E-state index is 13.0. The summed E-state index contributed by atoms with van der Waals surface area (Å²) < 4.78 is 0. The third-order valence-corrected chi connectivity index (χ3v) is 8.25. The molecule has 0 saturated heterocycles. The Kier molecular flexibility index (Phi) is 7.40. The molecule has 0 bridgehead atoms. The van der Waals surface area contributed by atoms with Crippen molar-refractivity contribution in [3.05, 3.63) is 30.1 Å². The van der Waals surface area contributed by atoms with Gasteiger partial charge in [-0.15, -0.1) is 0 Å². The number of rotatable bonds is 6. The van der Waals surface area contributed by atoms with E-state index >= 15 is 0 Å². The lowest BCUT2D eigenvalue weighted by molar-refractivity contribution is -0.149. The highest BCUT2D eigenvalue weighted by Crippen LogP contribution is 2.55. The molecule has 0 aliphatic heterocycles. The number of fused-ring (bicyclic) bond motifs is 1. The molecule has 2 aliphatic carbocycles. The van der Waals surface area contributed by atoms with Gasteiger partial charge in [0.2, 0.25) is 5.91 Å². The minimum Gasteiger partial charge on any atom is -0.392 e. The zero-order valence-electron chi connectivity index (χ0n) is 19.7. The summed E-state index contributed by atoms with van der Waals surface area (Å²) in [5.74, 6) is 0.0212. The Bertz CT molecular complexity index is 767. The summed E-state index contributed by atoms with van der Waals surface area (Å²) in [5, 5.41) is 14.7. The third kappa shape index (κ3) is 4.64. The number of aliphatic hydroxyl groups excluding tert-OH is 1. The fourth-order valence-corrected chi connectivity index (χ4v) is 6.26. The second-order valence-electron chi connectivity index (χ2n) is 9.89. The van der Waals surface area contributed by atoms with Gasteiger partial charge in [-0.05, 0) is 74.8 Å². The van der Waals surface area contributed by atoms with Crippen LogP contribution in [0.3, 0.4) is 0 Å². The van der Waals surface area contributed by atoms with Crippen molar-refractivity contribution in [2.24, 2.45) is 29.1 Å². The van der Waals surface area contributed by atoms with Crippen LogP contribution < -0.4 is 5.32 Å². The van der Waals surface area contributed by atoms with Crippen molar-refractivity contribution >= 4 is 11.8 Å². The van der Waals surface area contributed by atoms with Crippen LogP contribution in [0.2, 0.25) is 0 Å². The molecule has 31 heavy (non-hydrogen) atoms. The molecule has 0 radical (unpaired) electrons. The number of carbonyl (C=O) groups is 2. The van der Waals surface area contributed by atoms with E-state index in [0.717, 1.165) is 25.7 Å². The number of hydrogen-bond acceptors (Lipinski definition) is 4. The largest absolute Gasteiger partial charge is 0.392 e. The molecule has 0 spiro atoms. The highest BCUT2D eigenvalue weighted by molar-refractivity contribution is 5.94. The molecule has 6 nitrogen and oxygen atoms in total. The first-order valence-corrected chi connectivity index (χ1v) is 11.9. The van der Waals surface area contributed by atoms with Crippen molar-refractivity contribution in [2.45, 2.75) is 72.4 Å². The Morgan fingerprint density at radius 1 is 1.23 bits per heavy atom. The molecule has 1 heterocycles. The Hall–Kier alpha value is -1.95. The number of aliphatic hydroxyl groups is 1. The smallest absolute Gasteiger partial charge is 0.251 e. The third-order valence-electron chi connectivity index (χ3n) is 8.25. The first kappa shape index (κ1) is 23.7. The van der Waals surface area contributed by atoms with E-state index in [4.69, 9.17) is 0 Å². The van der Waals surface area contributed by atoms with Gasteiger partial charge in [-0.2, -0.15) is 0 Å². The summed E-state index contributed by atoms with van der Waals surface area (Å²) in [4.78, 5) is 31.6. The summed E-state index contributed by atoms with van der Waals surface area (Å²) in [6, 6.07) is 3.46. The number of nitrogens with one attached hydrogen (secondary N) is 1. The predicted octanol–water partition coefficient (Wildman–Crippen LogP) is 3.51. The maximum Gasteiger partial charge on any atom is 0.251 e. The van der Waals surface area contributed by atoms with Gasteiger partial charge in [0.1, 0.15) is 0 Å². The van der Waals surface area contributed by atoms with Crippen LogP contribution in [0.4, 0.5) is 0 Å². The molecule has 2 saturated carbocycles. The molecule has 2 fully saturated rings. The van der Waals surface area contributed by atoms with Crippen LogP contribution in [-0.2, 0) is 4.79 Å². The number of hydrogen-bond donors (Lipinski definition) is 2. The van der Waals surface area contributed by atoms with E-state index in [9.17, 15) is 14.7 Å². The van der Waals surface area contributed by atoms with Crippen LogP contribution in [0, 0.1) is 29.1 Å². The molecule has 2 aliphatic rings. The quantitative estimate of drug-likeness (QED) is 0.725. The fraction of sp³-hybridized carbons (Fsp3) is 0.720. The van der Waals surface area contributed by atoms with Crippen LogP contribution in [0.15, 0.2) is 24.5 Å². The van der Waals surface area contributed by atoms with Gasteiger partial charge in [0, 0.05) is 43.0 Å². The second-order valence-corrected chi connectivity index (χ2v) is 9.89. The molecule has 3 rings (SSSR count). The monoisotopic (exact) mass is 429 g/mol. The lowest BCUT2D eigenvalue weighted by Crippen LogP contribution is -2.58. The fourth-order valence-electron chi connectivity index (χ4n) is 6.26. The Morgan fingerprint density at radius 3 is 2.45 bits per heavy atom. The Labute approximate surface area is 186 Å². The number of aromatic nitrogens is 1. The minimum absolute atomic E-state index is 0.0148. The van der Waals surface area contributed by atoms with E-state index in [0.29, 0.717) is 18.7 Å². The van der Waals surface area contributed by atoms with E-state index in [-0.39, 0.29) is 46.9 Å². The van der Waals surface area contributed by atoms with Crippen LogP contribution >= 0.6 is 0 Å². The summed E-state index contributed by atoms with van der Waals surface area (Å²) in [6.07, 6.45) is 6.50. The average Bonchev–Trinajstić information content (AvgIpc) is 2.76.